The molecule has 0 bridgehead atoms. The maximum atomic E-state index is 15.0. The van der Waals surface area contributed by atoms with Gasteiger partial charge in [-0.15, -0.1) is 0 Å². The molecule has 0 heterocycles. The van der Waals surface area contributed by atoms with Crippen LogP contribution in [-0.4, -0.2) is 13.8 Å². The van der Waals surface area contributed by atoms with Gasteiger partial charge >= 0.3 is 0 Å². The second-order valence-electron chi connectivity index (χ2n) is 6.84. The monoisotopic (exact) mass is 444 g/mol. The molecule has 31 heavy (non-hydrogen) atoms. The molecule has 0 saturated carbocycles. The highest BCUT2D eigenvalue weighted by atomic mass is 19.2. The second-order valence-corrected chi connectivity index (χ2v) is 6.84. The predicted molar refractivity (Wildman–Crippen MR) is 99.7 cm³/mol. The van der Waals surface area contributed by atoms with E-state index in [1.165, 1.54) is 0 Å². The lowest BCUT2D eigenvalue weighted by Crippen LogP contribution is -2.59. The molecule has 3 aromatic rings. The maximum absolute atomic E-state index is 15.0. The van der Waals surface area contributed by atoms with E-state index >= 15 is 0 Å². The predicted octanol–water partition coefficient (Wildman–Crippen LogP) is 3.94. The molecule has 3 aromatic carbocycles. The molecule has 0 amide bonds. The normalized spacial score (nSPS) is 11.1. The van der Waals surface area contributed by atoms with E-state index in [0.29, 0.717) is 18.2 Å². The Labute approximate surface area is 172 Å². The average molecular weight is 444 g/mol. The molecule has 0 aliphatic rings. The number of aryl methyl sites for hydroxylation is 2. The standard InChI is InChI=1S/C21H13BF8O/c1-8-6-11(24)15(20(29)17(8)26)22(14-10(23)4-5-13(31-3)19(14)28)16-12(25)7-9(2)18(27)21(16)30/h4-7H,1-3H3. The minimum Gasteiger partial charge on any atom is -0.494 e. The summed E-state index contributed by atoms with van der Waals surface area (Å²) in [6, 6.07) is 2.45. The van der Waals surface area contributed by atoms with Gasteiger partial charge in [0, 0.05) is 16.4 Å². The van der Waals surface area contributed by atoms with Gasteiger partial charge in [0.25, 0.3) is 6.71 Å². The minimum absolute atomic E-state index is 0.497. The first-order valence-electron chi connectivity index (χ1n) is 8.81. The Hall–Kier alpha value is -3.04. The van der Waals surface area contributed by atoms with Crippen LogP contribution in [0, 0.1) is 60.4 Å². The van der Waals surface area contributed by atoms with E-state index in [0.717, 1.165) is 27.0 Å². The summed E-state index contributed by atoms with van der Waals surface area (Å²) in [7, 11) is 0.995. The molecular weight excluding hydrogens is 431 g/mol. The summed E-state index contributed by atoms with van der Waals surface area (Å²) in [6.45, 7) is -0.528. The molecule has 0 N–H and O–H groups in total. The molecule has 0 atom stereocenters. The summed E-state index contributed by atoms with van der Waals surface area (Å²) in [6.07, 6.45) is 0. The zero-order chi connectivity index (χ0) is 23.2. The lowest BCUT2D eigenvalue weighted by Gasteiger charge is -2.21. The van der Waals surface area contributed by atoms with Crippen LogP contribution in [0.2, 0.25) is 0 Å². The van der Waals surface area contributed by atoms with Gasteiger partial charge in [-0.3, -0.25) is 0 Å². The zero-order valence-electron chi connectivity index (χ0n) is 16.3. The summed E-state index contributed by atoms with van der Waals surface area (Å²) in [5.74, 6) is -13.8. The van der Waals surface area contributed by atoms with Crippen LogP contribution in [0.4, 0.5) is 35.1 Å². The Bertz CT molecular complexity index is 1130. The zero-order valence-corrected chi connectivity index (χ0v) is 16.3. The first-order valence-corrected chi connectivity index (χ1v) is 8.81. The van der Waals surface area contributed by atoms with E-state index in [4.69, 9.17) is 4.74 Å². The average Bonchev–Trinajstić information content (AvgIpc) is 2.70. The highest BCUT2D eigenvalue weighted by molar-refractivity contribution is 6.95. The van der Waals surface area contributed by atoms with Gasteiger partial charge in [0.05, 0.1) is 7.11 Å². The Morgan fingerprint density at radius 2 is 1.00 bits per heavy atom. The number of halogens is 8. The van der Waals surface area contributed by atoms with Gasteiger partial charge < -0.3 is 4.74 Å². The van der Waals surface area contributed by atoms with Crippen LogP contribution in [0.1, 0.15) is 11.1 Å². The molecule has 0 aliphatic heterocycles. The van der Waals surface area contributed by atoms with Crippen molar-refractivity contribution in [1.29, 1.82) is 0 Å². The Balaban J connectivity index is 2.54. The van der Waals surface area contributed by atoms with E-state index in [1.807, 2.05) is 0 Å². The summed E-state index contributed by atoms with van der Waals surface area (Å²) in [4.78, 5) is 0. The van der Waals surface area contributed by atoms with Gasteiger partial charge in [0.2, 0.25) is 0 Å². The molecule has 1 nitrogen and oxygen atoms in total. The SMILES string of the molecule is COc1ccc(F)c(B(c2c(F)cc(C)c(F)c2F)c2c(F)cc(C)c(F)c2F)c1F. The summed E-state index contributed by atoms with van der Waals surface area (Å²) >= 11 is 0. The van der Waals surface area contributed by atoms with Gasteiger partial charge in [0.1, 0.15) is 17.5 Å². The first-order chi connectivity index (χ1) is 14.5. The van der Waals surface area contributed by atoms with Crippen molar-refractivity contribution in [2.45, 2.75) is 13.8 Å². The highest BCUT2D eigenvalue weighted by Gasteiger charge is 2.40. The van der Waals surface area contributed by atoms with E-state index < -0.39 is 86.5 Å². The van der Waals surface area contributed by atoms with E-state index in [2.05, 4.69) is 0 Å². The van der Waals surface area contributed by atoms with Gasteiger partial charge in [-0.25, -0.2) is 35.1 Å². The van der Waals surface area contributed by atoms with Crippen molar-refractivity contribution in [3.63, 3.8) is 0 Å². The molecule has 0 aliphatic carbocycles. The number of methoxy groups -OCH3 is 1. The number of hydrogen-bond donors (Lipinski definition) is 0. The van der Waals surface area contributed by atoms with Crippen molar-refractivity contribution in [3.05, 3.63) is 81.9 Å². The summed E-state index contributed by atoms with van der Waals surface area (Å²) in [5.41, 5.74) is -5.04. The van der Waals surface area contributed by atoms with Gasteiger partial charge in [0.15, 0.2) is 34.8 Å². The van der Waals surface area contributed by atoms with Crippen LogP contribution in [0.3, 0.4) is 0 Å². The Morgan fingerprint density at radius 1 is 0.581 bits per heavy atom. The molecule has 0 saturated heterocycles. The molecule has 162 valence electrons. The lowest BCUT2D eigenvalue weighted by molar-refractivity contribution is 0.386. The number of hydrogen-bond acceptors (Lipinski definition) is 1. The van der Waals surface area contributed by atoms with E-state index in [9.17, 15) is 35.1 Å². The van der Waals surface area contributed by atoms with Crippen LogP contribution >= 0.6 is 0 Å². The molecular formula is C21H13BF8O. The van der Waals surface area contributed by atoms with Crippen LogP contribution in [-0.2, 0) is 0 Å². The van der Waals surface area contributed by atoms with Crippen molar-refractivity contribution in [2.24, 2.45) is 0 Å². The van der Waals surface area contributed by atoms with Crippen molar-refractivity contribution in [1.82, 2.24) is 0 Å². The van der Waals surface area contributed by atoms with Crippen LogP contribution in [0.25, 0.3) is 0 Å². The second kappa shape index (κ2) is 8.24. The fraction of sp³-hybridized carbons (Fsp3) is 0.143. The smallest absolute Gasteiger partial charge is 0.264 e. The lowest BCUT2D eigenvalue weighted by atomic mass is 9.36. The fourth-order valence-corrected chi connectivity index (χ4v) is 3.39. The number of rotatable bonds is 4. The van der Waals surface area contributed by atoms with Crippen molar-refractivity contribution in [2.75, 3.05) is 7.11 Å². The molecule has 0 radical (unpaired) electrons. The quantitative estimate of drug-likeness (QED) is 0.337. The number of benzene rings is 3. The third-order valence-corrected chi connectivity index (χ3v) is 4.93. The van der Waals surface area contributed by atoms with Gasteiger partial charge in [-0.05, 0) is 49.2 Å². The Kier molecular flexibility index (Phi) is 6.02. The van der Waals surface area contributed by atoms with Crippen molar-refractivity contribution in [3.8, 4) is 5.75 Å². The van der Waals surface area contributed by atoms with Crippen LogP contribution in [0.5, 0.6) is 5.75 Å². The Morgan fingerprint density at radius 3 is 1.42 bits per heavy atom. The fourth-order valence-electron chi connectivity index (χ4n) is 3.39. The molecule has 0 spiro atoms. The minimum atomic E-state index is -2.56. The molecule has 10 heteroatoms. The molecule has 0 aromatic heterocycles. The summed E-state index contributed by atoms with van der Waals surface area (Å²) < 4.78 is 122. The highest BCUT2D eigenvalue weighted by Crippen LogP contribution is 2.21. The van der Waals surface area contributed by atoms with Crippen molar-refractivity contribution >= 4 is 23.1 Å². The van der Waals surface area contributed by atoms with Gasteiger partial charge in [-0.2, -0.15) is 0 Å². The molecule has 0 unspecified atom stereocenters. The largest absolute Gasteiger partial charge is 0.494 e. The van der Waals surface area contributed by atoms with Gasteiger partial charge in [-0.1, -0.05) is 0 Å². The number of ether oxygens (including phenoxy) is 1. The summed E-state index contributed by atoms with van der Waals surface area (Å²) in [5, 5.41) is 0. The first kappa shape index (κ1) is 22.6. The van der Waals surface area contributed by atoms with Crippen molar-refractivity contribution < 1.29 is 39.9 Å². The topological polar surface area (TPSA) is 9.23 Å². The molecule has 0 fully saturated rings. The van der Waals surface area contributed by atoms with Crippen LogP contribution < -0.4 is 21.1 Å². The van der Waals surface area contributed by atoms with Crippen LogP contribution in [0.15, 0.2) is 24.3 Å². The maximum Gasteiger partial charge on any atom is 0.264 e. The third kappa shape index (κ3) is 3.64. The third-order valence-electron chi connectivity index (χ3n) is 4.93. The molecule has 3 rings (SSSR count). The van der Waals surface area contributed by atoms with E-state index in [-0.39, 0.29) is 0 Å². The van der Waals surface area contributed by atoms with E-state index in [1.54, 1.807) is 0 Å².